The second-order valence-corrected chi connectivity index (χ2v) is 4.50. The number of hydrogen-bond acceptors (Lipinski definition) is 2. The van der Waals surface area contributed by atoms with Crippen molar-refractivity contribution in [1.29, 1.82) is 5.26 Å². The van der Waals surface area contributed by atoms with E-state index >= 15 is 0 Å². The highest BCUT2D eigenvalue weighted by molar-refractivity contribution is 9.10. The van der Waals surface area contributed by atoms with Crippen LogP contribution in [0.5, 0.6) is 0 Å². The molecule has 1 atom stereocenters. The maximum atomic E-state index is 13.6. The standard InChI is InChI=1S/C12H12BrFN2O/c1-3-8(7-15)12(17)16(2)11-6-9(13)4-5-10(11)14/h4-6,8H,3H2,1-2H3. The average Bonchev–Trinajstić information content (AvgIpc) is 2.32. The zero-order chi connectivity index (χ0) is 13.0. The normalized spacial score (nSPS) is 11.7. The quantitative estimate of drug-likeness (QED) is 0.861. The van der Waals surface area contributed by atoms with Crippen molar-refractivity contribution < 1.29 is 9.18 Å². The molecule has 0 aliphatic rings. The number of benzene rings is 1. The van der Waals surface area contributed by atoms with Gasteiger partial charge in [0.25, 0.3) is 0 Å². The maximum absolute atomic E-state index is 13.6. The Labute approximate surface area is 108 Å². The van der Waals surface area contributed by atoms with E-state index in [1.54, 1.807) is 13.0 Å². The fourth-order valence-corrected chi connectivity index (χ4v) is 1.77. The van der Waals surface area contributed by atoms with Gasteiger partial charge in [0.2, 0.25) is 5.91 Å². The highest BCUT2D eigenvalue weighted by Crippen LogP contribution is 2.24. The van der Waals surface area contributed by atoms with Crippen LogP contribution in [0, 0.1) is 23.1 Å². The molecule has 5 heteroatoms. The Kier molecular flexibility index (Phi) is 4.64. The van der Waals surface area contributed by atoms with Gasteiger partial charge in [-0.3, -0.25) is 4.79 Å². The van der Waals surface area contributed by atoms with Crippen molar-refractivity contribution in [3.8, 4) is 6.07 Å². The lowest BCUT2D eigenvalue weighted by atomic mass is 10.1. The summed E-state index contributed by atoms with van der Waals surface area (Å²) < 4.78 is 14.2. The summed E-state index contributed by atoms with van der Waals surface area (Å²) in [4.78, 5) is 13.1. The van der Waals surface area contributed by atoms with Gasteiger partial charge >= 0.3 is 0 Å². The van der Waals surface area contributed by atoms with E-state index in [1.807, 2.05) is 6.07 Å². The van der Waals surface area contributed by atoms with Gasteiger partial charge < -0.3 is 4.90 Å². The number of nitriles is 1. The van der Waals surface area contributed by atoms with Crippen molar-refractivity contribution >= 4 is 27.5 Å². The average molecular weight is 299 g/mol. The highest BCUT2D eigenvalue weighted by Gasteiger charge is 2.22. The van der Waals surface area contributed by atoms with E-state index < -0.39 is 17.6 Å². The first kappa shape index (κ1) is 13.7. The van der Waals surface area contributed by atoms with Gasteiger partial charge in [-0.25, -0.2) is 4.39 Å². The fraction of sp³-hybridized carbons (Fsp3) is 0.333. The Morgan fingerprint density at radius 3 is 2.82 bits per heavy atom. The van der Waals surface area contributed by atoms with Crippen molar-refractivity contribution in [1.82, 2.24) is 0 Å². The minimum Gasteiger partial charge on any atom is -0.312 e. The fourth-order valence-electron chi connectivity index (χ4n) is 1.42. The molecule has 90 valence electrons. The summed E-state index contributed by atoms with van der Waals surface area (Å²) >= 11 is 3.22. The lowest BCUT2D eigenvalue weighted by Gasteiger charge is -2.20. The Hall–Kier alpha value is -1.41. The van der Waals surface area contributed by atoms with Crippen LogP contribution in [-0.2, 0) is 4.79 Å². The van der Waals surface area contributed by atoms with E-state index in [2.05, 4.69) is 15.9 Å². The molecule has 1 unspecified atom stereocenters. The first-order valence-electron chi connectivity index (χ1n) is 5.13. The van der Waals surface area contributed by atoms with Crippen molar-refractivity contribution in [3.05, 3.63) is 28.5 Å². The molecule has 0 aromatic heterocycles. The number of nitrogens with zero attached hydrogens (tertiary/aromatic N) is 2. The Bertz CT molecular complexity index is 470. The Morgan fingerprint density at radius 1 is 1.65 bits per heavy atom. The molecule has 17 heavy (non-hydrogen) atoms. The van der Waals surface area contributed by atoms with Crippen molar-refractivity contribution in [2.24, 2.45) is 5.92 Å². The third-order valence-electron chi connectivity index (χ3n) is 2.46. The van der Waals surface area contributed by atoms with Crippen LogP contribution < -0.4 is 4.90 Å². The monoisotopic (exact) mass is 298 g/mol. The summed E-state index contributed by atoms with van der Waals surface area (Å²) in [6, 6.07) is 6.25. The number of amides is 1. The zero-order valence-corrected chi connectivity index (χ0v) is 11.2. The molecule has 1 amide bonds. The molecule has 1 rings (SSSR count). The molecular formula is C12H12BrFN2O. The van der Waals surface area contributed by atoms with Crippen LogP contribution in [0.2, 0.25) is 0 Å². The van der Waals surface area contributed by atoms with Crippen LogP contribution in [0.1, 0.15) is 13.3 Å². The van der Waals surface area contributed by atoms with E-state index in [-0.39, 0.29) is 5.69 Å². The summed E-state index contributed by atoms with van der Waals surface area (Å²) in [6.07, 6.45) is 0.412. The first-order valence-corrected chi connectivity index (χ1v) is 5.92. The molecule has 3 nitrogen and oxygen atoms in total. The van der Waals surface area contributed by atoms with Crippen LogP contribution in [-0.4, -0.2) is 13.0 Å². The molecule has 0 saturated carbocycles. The van der Waals surface area contributed by atoms with E-state index in [0.29, 0.717) is 10.9 Å². The van der Waals surface area contributed by atoms with E-state index in [9.17, 15) is 9.18 Å². The van der Waals surface area contributed by atoms with Gasteiger partial charge in [0, 0.05) is 11.5 Å². The van der Waals surface area contributed by atoms with Gasteiger partial charge in [-0.05, 0) is 24.6 Å². The van der Waals surface area contributed by atoms with Crippen molar-refractivity contribution in [3.63, 3.8) is 0 Å². The molecule has 0 radical (unpaired) electrons. The molecule has 0 heterocycles. The smallest absolute Gasteiger partial charge is 0.244 e. The molecule has 0 fully saturated rings. The van der Waals surface area contributed by atoms with Crippen LogP contribution in [0.3, 0.4) is 0 Å². The molecule has 1 aromatic rings. The second-order valence-electron chi connectivity index (χ2n) is 3.58. The van der Waals surface area contributed by atoms with Gasteiger partial charge in [-0.15, -0.1) is 0 Å². The molecule has 0 aliphatic carbocycles. The second kappa shape index (κ2) is 5.78. The number of carbonyl (C=O) groups is 1. The Morgan fingerprint density at radius 2 is 2.29 bits per heavy atom. The summed E-state index contributed by atoms with van der Waals surface area (Å²) in [5, 5.41) is 8.82. The van der Waals surface area contributed by atoms with E-state index in [1.165, 1.54) is 24.1 Å². The van der Waals surface area contributed by atoms with Gasteiger partial charge in [0.15, 0.2) is 0 Å². The number of hydrogen-bond donors (Lipinski definition) is 0. The third-order valence-corrected chi connectivity index (χ3v) is 2.96. The summed E-state index contributed by atoms with van der Waals surface area (Å²) in [5.74, 6) is -1.62. The summed E-state index contributed by atoms with van der Waals surface area (Å²) in [6.45, 7) is 1.75. The number of rotatable bonds is 3. The predicted octanol–water partition coefficient (Wildman–Crippen LogP) is 3.10. The van der Waals surface area contributed by atoms with Gasteiger partial charge in [0.05, 0.1) is 11.8 Å². The van der Waals surface area contributed by atoms with Gasteiger partial charge in [-0.2, -0.15) is 5.26 Å². The molecule has 1 aromatic carbocycles. The SMILES string of the molecule is CCC(C#N)C(=O)N(C)c1cc(Br)ccc1F. The highest BCUT2D eigenvalue weighted by atomic mass is 79.9. The zero-order valence-electron chi connectivity index (χ0n) is 9.58. The van der Waals surface area contributed by atoms with Crippen LogP contribution >= 0.6 is 15.9 Å². The number of halogens is 2. The molecule has 0 N–H and O–H groups in total. The maximum Gasteiger partial charge on any atom is 0.244 e. The van der Waals surface area contributed by atoms with Gasteiger partial charge in [-0.1, -0.05) is 22.9 Å². The molecule has 0 spiro atoms. The summed E-state index contributed by atoms with van der Waals surface area (Å²) in [7, 11) is 1.47. The van der Waals surface area contributed by atoms with Crippen molar-refractivity contribution in [2.75, 3.05) is 11.9 Å². The lowest BCUT2D eigenvalue weighted by Crippen LogP contribution is -2.32. The minimum absolute atomic E-state index is 0.165. The largest absolute Gasteiger partial charge is 0.312 e. The molecule has 0 aliphatic heterocycles. The topological polar surface area (TPSA) is 44.1 Å². The van der Waals surface area contributed by atoms with Crippen molar-refractivity contribution in [2.45, 2.75) is 13.3 Å². The minimum atomic E-state index is -0.738. The summed E-state index contributed by atoms with van der Waals surface area (Å²) in [5.41, 5.74) is 0.165. The number of anilines is 1. The molecular weight excluding hydrogens is 287 g/mol. The van der Waals surface area contributed by atoms with Gasteiger partial charge in [0.1, 0.15) is 11.7 Å². The van der Waals surface area contributed by atoms with E-state index in [4.69, 9.17) is 5.26 Å². The number of carbonyl (C=O) groups excluding carboxylic acids is 1. The molecule has 0 saturated heterocycles. The predicted molar refractivity (Wildman–Crippen MR) is 66.9 cm³/mol. The third kappa shape index (κ3) is 3.04. The van der Waals surface area contributed by atoms with Crippen LogP contribution in [0.4, 0.5) is 10.1 Å². The van der Waals surface area contributed by atoms with E-state index in [0.717, 1.165) is 0 Å². The Balaban J connectivity index is 3.04. The molecule has 0 bridgehead atoms. The van der Waals surface area contributed by atoms with Crippen LogP contribution in [0.15, 0.2) is 22.7 Å². The lowest BCUT2D eigenvalue weighted by molar-refractivity contribution is -0.120. The van der Waals surface area contributed by atoms with Crippen LogP contribution in [0.25, 0.3) is 0 Å². The first-order chi connectivity index (χ1) is 8.01.